The van der Waals surface area contributed by atoms with E-state index >= 15 is 0 Å². The molecule has 0 unspecified atom stereocenters. The fourth-order valence-corrected chi connectivity index (χ4v) is 3.02. The predicted octanol–water partition coefficient (Wildman–Crippen LogP) is 4.90. The van der Waals surface area contributed by atoms with E-state index < -0.39 is 0 Å². The van der Waals surface area contributed by atoms with Gasteiger partial charge in [0, 0.05) is 6.54 Å². The summed E-state index contributed by atoms with van der Waals surface area (Å²) in [6.45, 7) is 9.75. The van der Waals surface area contributed by atoms with E-state index in [4.69, 9.17) is 4.98 Å². The molecule has 1 rings (SSSR count). The van der Waals surface area contributed by atoms with Crippen molar-refractivity contribution in [3.63, 3.8) is 0 Å². The van der Waals surface area contributed by atoms with Crippen molar-refractivity contribution in [2.45, 2.75) is 52.7 Å². The quantitative estimate of drug-likeness (QED) is 0.636. The minimum Gasteiger partial charge on any atom is -0.369 e. The van der Waals surface area contributed by atoms with E-state index in [-0.39, 0.29) is 0 Å². The van der Waals surface area contributed by atoms with Gasteiger partial charge in [0.25, 0.3) is 0 Å². The van der Waals surface area contributed by atoms with E-state index in [1.165, 1.54) is 6.42 Å². The molecule has 0 spiro atoms. The Kier molecular flexibility index (Phi) is 8.53. The molecule has 1 heterocycles. The van der Waals surface area contributed by atoms with Gasteiger partial charge < -0.3 is 5.32 Å². The first-order valence-electron chi connectivity index (χ1n) is 7.45. The summed E-state index contributed by atoms with van der Waals surface area (Å²) < 4.78 is 1.03. The van der Waals surface area contributed by atoms with E-state index in [9.17, 15) is 0 Å². The van der Waals surface area contributed by atoms with Crippen LogP contribution in [0.3, 0.4) is 0 Å². The van der Waals surface area contributed by atoms with Crippen molar-refractivity contribution < 1.29 is 0 Å². The standard InChI is InChI=1S/C15H26BrN3S/c1-5-7-17-15-14(16)12(9-11(3)4)18-13(19-15)10-20-8-6-2/h11H,5-10H2,1-4H3,(H,17,18,19). The second-order valence-corrected chi connectivity index (χ2v) is 7.22. The monoisotopic (exact) mass is 359 g/mol. The predicted molar refractivity (Wildman–Crippen MR) is 93.5 cm³/mol. The molecular weight excluding hydrogens is 334 g/mol. The van der Waals surface area contributed by atoms with E-state index in [0.29, 0.717) is 5.92 Å². The van der Waals surface area contributed by atoms with Gasteiger partial charge >= 0.3 is 0 Å². The second-order valence-electron chi connectivity index (χ2n) is 5.33. The van der Waals surface area contributed by atoms with Crippen molar-refractivity contribution in [3.8, 4) is 0 Å². The molecule has 5 heteroatoms. The van der Waals surface area contributed by atoms with Crippen molar-refractivity contribution in [1.29, 1.82) is 0 Å². The molecule has 0 atom stereocenters. The Morgan fingerprint density at radius 2 is 1.95 bits per heavy atom. The lowest BCUT2D eigenvalue weighted by Crippen LogP contribution is -2.10. The summed E-state index contributed by atoms with van der Waals surface area (Å²) >= 11 is 5.57. The summed E-state index contributed by atoms with van der Waals surface area (Å²) in [6, 6.07) is 0. The molecule has 0 fully saturated rings. The number of aromatic nitrogens is 2. The molecule has 1 aromatic rings. The summed E-state index contributed by atoms with van der Waals surface area (Å²) in [5.41, 5.74) is 1.13. The van der Waals surface area contributed by atoms with Crippen LogP contribution in [0.25, 0.3) is 0 Å². The van der Waals surface area contributed by atoms with E-state index in [1.54, 1.807) is 0 Å². The third kappa shape index (κ3) is 6.00. The maximum Gasteiger partial charge on any atom is 0.144 e. The zero-order valence-corrected chi connectivity index (χ0v) is 15.4. The van der Waals surface area contributed by atoms with Crippen LogP contribution < -0.4 is 5.32 Å². The van der Waals surface area contributed by atoms with E-state index in [1.807, 2.05) is 11.8 Å². The number of thioether (sulfide) groups is 1. The smallest absolute Gasteiger partial charge is 0.144 e. The molecular formula is C15H26BrN3S. The van der Waals surface area contributed by atoms with Crippen LogP contribution >= 0.6 is 27.7 Å². The molecule has 0 aliphatic rings. The van der Waals surface area contributed by atoms with Crippen molar-refractivity contribution in [3.05, 3.63) is 16.0 Å². The second kappa shape index (κ2) is 9.61. The van der Waals surface area contributed by atoms with Gasteiger partial charge in [-0.3, -0.25) is 0 Å². The van der Waals surface area contributed by atoms with Gasteiger partial charge in [0.05, 0.1) is 15.9 Å². The first-order valence-corrected chi connectivity index (χ1v) is 9.40. The Balaban J connectivity index is 2.92. The minimum absolute atomic E-state index is 0.594. The van der Waals surface area contributed by atoms with Gasteiger partial charge in [0.15, 0.2) is 0 Å². The summed E-state index contributed by atoms with van der Waals surface area (Å²) in [4.78, 5) is 9.39. The molecule has 0 aliphatic carbocycles. The fraction of sp³-hybridized carbons (Fsp3) is 0.733. The van der Waals surface area contributed by atoms with Crippen molar-refractivity contribution >= 4 is 33.5 Å². The van der Waals surface area contributed by atoms with Crippen LogP contribution in [0.15, 0.2) is 4.47 Å². The number of hydrogen-bond acceptors (Lipinski definition) is 4. The van der Waals surface area contributed by atoms with Crippen LogP contribution in [0, 0.1) is 5.92 Å². The molecule has 0 bridgehead atoms. The zero-order valence-electron chi connectivity index (χ0n) is 13.0. The highest BCUT2D eigenvalue weighted by molar-refractivity contribution is 9.10. The third-order valence-electron chi connectivity index (χ3n) is 2.69. The summed E-state index contributed by atoms with van der Waals surface area (Å²) in [5, 5.41) is 3.40. The number of rotatable bonds is 9. The number of nitrogens with zero attached hydrogens (tertiary/aromatic N) is 2. The van der Waals surface area contributed by atoms with E-state index in [2.05, 4.69) is 53.9 Å². The van der Waals surface area contributed by atoms with Crippen LogP contribution in [-0.4, -0.2) is 22.3 Å². The third-order valence-corrected chi connectivity index (χ3v) is 4.68. The maximum absolute atomic E-state index is 4.73. The lowest BCUT2D eigenvalue weighted by atomic mass is 10.1. The van der Waals surface area contributed by atoms with Crippen molar-refractivity contribution in [1.82, 2.24) is 9.97 Å². The molecule has 0 amide bonds. The first-order chi connectivity index (χ1) is 9.58. The van der Waals surface area contributed by atoms with Crippen LogP contribution in [0.1, 0.15) is 52.1 Å². The van der Waals surface area contributed by atoms with Gasteiger partial charge in [-0.15, -0.1) is 0 Å². The Morgan fingerprint density at radius 3 is 2.55 bits per heavy atom. The highest BCUT2D eigenvalue weighted by Gasteiger charge is 2.13. The van der Waals surface area contributed by atoms with Gasteiger partial charge in [-0.05, 0) is 46.9 Å². The molecule has 1 aromatic heterocycles. The molecule has 114 valence electrons. The fourth-order valence-electron chi connectivity index (χ4n) is 1.80. The molecule has 1 N–H and O–H groups in total. The van der Waals surface area contributed by atoms with Gasteiger partial charge in [0.1, 0.15) is 11.6 Å². The van der Waals surface area contributed by atoms with Crippen LogP contribution in [0.2, 0.25) is 0 Å². The largest absolute Gasteiger partial charge is 0.369 e. The van der Waals surface area contributed by atoms with Crippen molar-refractivity contribution in [2.24, 2.45) is 5.92 Å². The average Bonchev–Trinajstić information content (AvgIpc) is 2.40. The molecule has 3 nitrogen and oxygen atoms in total. The molecule has 0 aromatic carbocycles. The number of halogens is 1. The molecule has 0 radical (unpaired) electrons. The van der Waals surface area contributed by atoms with Crippen LogP contribution in [0.4, 0.5) is 5.82 Å². The lowest BCUT2D eigenvalue weighted by Gasteiger charge is -2.14. The number of nitrogens with one attached hydrogen (secondary N) is 1. The SMILES string of the molecule is CCCNc1nc(CSCCC)nc(CC(C)C)c1Br. The summed E-state index contributed by atoms with van der Waals surface area (Å²) in [6.07, 6.45) is 3.27. The first kappa shape index (κ1) is 17.8. The van der Waals surface area contributed by atoms with Crippen LogP contribution in [-0.2, 0) is 12.2 Å². The number of anilines is 1. The van der Waals surface area contributed by atoms with Crippen LogP contribution in [0.5, 0.6) is 0 Å². The molecule has 0 saturated heterocycles. The van der Waals surface area contributed by atoms with Gasteiger partial charge in [-0.2, -0.15) is 11.8 Å². The summed E-state index contributed by atoms with van der Waals surface area (Å²) in [5.74, 6) is 4.55. The Morgan fingerprint density at radius 1 is 1.20 bits per heavy atom. The zero-order chi connectivity index (χ0) is 15.0. The highest BCUT2D eigenvalue weighted by atomic mass is 79.9. The maximum atomic E-state index is 4.73. The van der Waals surface area contributed by atoms with Gasteiger partial charge in [0.2, 0.25) is 0 Å². The van der Waals surface area contributed by atoms with Gasteiger partial charge in [-0.25, -0.2) is 9.97 Å². The number of hydrogen-bond donors (Lipinski definition) is 1. The Labute approximate surface area is 135 Å². The van der Waals surface area contributed by atoms with E-state index in [0.717, 1.165) is 52.7 Å². The Hall–Kier alpha value is -0.290. The van der Waals surface area contributed by atoms with Crippen molar-refractivity contribution in [2.75, 3.05) is 17.6 Å². The topological polar surface area (TPSA) is 37.8 Å². The lowest BCUT2D eigenvalue weighted by molar-refractivity contribution is 0.629. The average molecular weight is 360 g/mol. The Bertz CT molecular complexity index is 410. The highest BCUT2D eigenvalue weighted by Crippen LogP contribution is 2.26. The van der Waals surface area contributed by atoms with Gasteiger partial charge in [-0.1, -0.05) is 27.7 Å². The molecule has 0 aliphatic heterocycles. The normalized spacial score (nSPS) is 11.1. The molecule has 20 heavy (non-hydrogen) atoms. The summed E-state index contributed by atoms with van der Waals surface area (Å²) in [7, 11) is 0. The molecule has 0 saturated carbocycles. The minimum atomic E-state index is 0.594.